The van der Waals surface area contributed by atoms with E-state index in [2.05, 4.69) is 31.2 Å². The summed E-state index contributed by atoms with van der Waals surface area (Å²) in [7, 11) is 0. The van der Waals surface area contributed by atoms with Gasteiger partial charge >= 0.3 is 0 Å². The highest BCUT2D eigenvalue weighted by atomic mass is 79.9. The lowest BCUT2D eigenvalue weighted by Gasteiger charge is -2.07. The summed E-state index contributed by atoms with van der Waals surface area (Å²) < 4.78 is 19.7. The number of nitrogens with one attached hydrogen (secondary N) is 1. The maximum atomic E-state index is 13.6. The van der Waals surface area contributed by atoms with Crippen molar-refractivity contribution in [2.45, 2.75) is 13.5 Å². The van der Waals surface area contributed by atoms with E-state index in [9.17, 15) is 4.39 Å². The number of hydrogen-bond donors (Lipinski definition) is 1. The second kappa shape index (κ2) is 6.58. The van der Waals surface area contributed by atoms with Crippen LogP contribution in [0, 0.1) is 5.82 Å². The topological polar surface area (TPSA) is 47.0 Å². The number of nitrogens with zero attached hydrogens (tertiary/aromatic N) is 2. The number of ether oxygens (including phenoxy) is 1. The van der Waals surface area contributed by atoms with E-state index in [0.29, 0.717) is 11.0 Å². The molecule has 0 unspecified atom stereocenters. The van der Waals surface area contributed by atoms with E-state index in [4.69, 9.17) is 4.74 Å². The van der Waals surface area contributed by atoms with Gasteiger partial charge in [-0.3, -0.25) is 4.98 Å². The van der Waals surface area contributed by atoms with Crippen LogP contribution in [-0.4, -0.2) is 16.5 Å². The molecule has 0 amide bonds. The van der Waals surface area contributed by atoms with Gasteiger partial charge in [-0.05, 0) is 24.7 Å². The molecule has 6 heteroatoms. The van der Waals surface area contributed by atoms with Crippen molar-refractivity contribution in [1.82, 2.24) is 15.3 Å². The molecule has 100 valence electrons. The average Bonchev–Trinajstić information content (AvgIpc) is 2.40. The van der Waals surface area contributed by atoms with Crippen LogP contribution in [0.3, 0.4) is 0 Å². The molecule has 0 radical (unpaired) electrons. The first-order chi connectivity index (χ1) is 9.19. The van der Waals surface area contributed by atoms with Gasteiger partial charge in [0.1, 0.15) is 0 Å². The summed E-state index contributed by atoms with van der Waals surface area (Å²) in [4.78, 5) is 8.27. The molecule has 0 spiro atoms. The molecule has 2 rings (SSSR count). The average molecular weight is 326 g/mol. The third-order valence-electron chi connectivity index (χ3n) is 2.33. The molecule has 0 fully saturated rings. The smallest absolute Gasteiger partial charge is 0.238 e. The van der Waals surface area contributed by atoms with Gasteiger partial charge in [0.05, 0.1) is 11.9 Å². The van der Waals surface area contributed by atoms with Crippen LogP contribution in [0.1, 0.15) is 12.6 Å². The third-order valence-corrected chi connectivity index (χ3v) is 2.82. The van der Waals surface area contributed by atoms with Gasteiger partial charge in [-0.25, -0.2) is 9.37 Å². The lowest BCUT2D eigenvalue weighted by atomic mass is 10.3. The Balaban J connectivity index is 2.14. The van der Waals surface area contributed by atoms with Crippen molar-refractivity contribution in [3.8, 4) is 11.6 Å². The fraction of sp³-hybridized carbons (Fsp3) is 0.231. The highest BCUT2D eigenvalue weighted by molar-refractivity contribution is 9.10. The molecule has 1 heterocycles. The quantitative estimate of drug-likeness (QED) is 0.916. The molecule has 0 bridgehead atoms. The van der Waals surface area contributed by atoms with Gasteiger partial charge in [-0.1, -0.05) is 22.9 Å². The maximum absolute atomic E-state index is 13.6. The normalized spacial score (nSPS) is 10.5. The Kier molecular flexibility index (Phi) is 4.81. The Morgan fingerprint density at radius 2 is 2.21 bits per heavy atom. The highest BCUT2D eigenvalue weighted by Gasteiger charge is 2.07. The SMILES string of the molecule is CCNCc1cncc(Oc2ccc(Br)cc2F)n1. The van der Waals surface area contributed by atoms with Crippen LogP contribution in [-0.2, 0) is 6.54 Å². The molecule has 0 aliphatic heterocycles. The Morgan fingerprint density at radius 1 is 1.37 bits per heavy atom. The molecule has 19 heavy (non-hydrogen) atoms. The molecule has 4 nitrogen and oxygen atoms in total. The van der Waals surface area contributed by atoms with Gasteiger partial charge < -0.3 is 10.1 Å². The Hall–Kier alpha value is -1.53. The van der Waals surface area contributed by atoms with Crippen LogP contribution in [0.5, 0.6) is 11.6 Å². The number of aromatic nitrogens is 2. The summed E-state index contributed by atoms with van der Waals surface area (Å²) in [6.45, 7) is 3.45. The molecule has 0 aliphatic carbocycles. The van der Waals surface area contributed by atoms with Crippen LogP contribution < -0.4 is 10.1 Å². The van der Waals surface area contributed by atoms with Crippen molar-refractivity contribution < 1.29 is 9.13 Å². The highest BCUT2D eigenvalue weighted by Crippen LogP contribution is 2.25. The van der Waals surface area contributed by atoms with Crippen molar-refractivity contribution in [2.75, 3.05) is 6.54 Å². The first-order valence-electron chi connectivity index (χ1n) is 5.83. The second-order valence-electron chi connectivity index (χ2n) is 3.81. The van der Waals surface area contributed by atoms with Crippen LogP contribution in [0.2, 0.25) is 0 Å². The van der Waals surface area contributed by atoms with Crippen LogP contribution in [0.4, 0.5) is 4.39 Å². The minimum atomic E-state index is -0.451. The molecule has 0 atom stereocenters. The Bertz CT molecular complexity index is 565. The number of rotatable bonds is 5. The Labute approximate surface area is 119 Å². The van der Waals surface area contributed by atoms with E-state index in [1.165, 1.54) is 18.3 Å². The maximum Gasteiger partial charge on any atom is 0.238 e. The zero-order chi connectivity index (χ0) is 13.7. The molecular weight excluding hydrogens is 313 g/mol. The predicted molar refractivity (Wildman–Crippen MR) is 73.6 cm³/mol. The summed E-state index contributed by atoms with van der Waals surface area (Å²) in [6, 6.07) is 4.58. The monoisotopic (exact) mass is 325 g/mol. The van der Waals surface area contributed by atoms with Gasteiger partial charge in [-0.2, -0.15) is 0 Å². The van der Waals surface area contributed by atoms with Crippen molar-refractivity contribution in [2.24, 2.45) is 0 Å². The summed E-state index contributed by atoms with van der Waals surface area (Å²) in [6.07, 6.45) is 3.10. The summed E-state index contributed by atoms with van der Waals surface area (Å²) in [5.41, 5.74) is 0.747. The third kappa shape index (κ3) is 3.97. The minimum absolute atomic E-state index is 0.123. The standard InChI is InChI=1S/C13H13BrFN3O/c1-2-16-6-10-7-17-8-13(18-10)19-12-4-3-9(14)5-11(12)15/h3-5,7-8,16H,2,6H2,1H3. The number of benzene rings is 1. The zero-order valence-electron chi connectivity index (χ0n) is 10.4. The van der Waals surface area contributed by atoms with Crippen molar-refractivity contribution in [3.05, 3.63) is 46.6 Å². The van der Waals surface area contributed by atoms with Crippen molar-refractivity contribution in [3.63, 3.8) is 0 Å². The Morgan fingerprint density at radius 3 is 2.95 bits per heavy atom. The fourth-order valence-electron chi connectivity index (χ4n) is 1.44. The molecule has 2 aromatic rings. The van der Waals surface area contributed by atoms with E-state index >= 15 is 0 Å². The van der Waals surface area contributed by atoms with Crippen molar-refractivity contribution >= 4 is 15.9 Å². The van der Waals surface area contributed by atoms with Crippen molar-refractivity contribution in [1.29, 1.82) is 0 Å². The van der Waals surface area contributed by atoms with E-state index in [1.54, 1.807) is 12.3 Å². The first kappa shape index (κ1) is 13.9. The molecule has 1 aromatic carbocycles. The summed E-state index contributed by atoms with van der Waals surface area (Å²) in [5.74, 6) is -0.0528. The lowest BCUT2D eigenvalue weighted by molar-refractivity contribution is 0.423. The fourth-order valence-corrected chi connectivity index (χ4v) is 1.78. The lowest BCUT2D eigenvalue weighted by Crippen LogP contribution is -2.13. The molecular formula is C13H13BrFN3O. The van der Waals surface area contributed by atoms with Gasteiger partial charge in [0, 0.05) is 17.2 Å². The van der Waals surface area contributed by atoms with E-state index in [0.717, 1.165) is 12.2 Å². The van der Waals surface area contributed by atoms with Gasteiger partial charge in [0.2, 0.25) is 5.88 Å². The zero-order valence-corrected chi connectivity index (χ0v) is 11.9. The molecule has 1 aromatic heterocycles. The second-order valence-corrected chi connectivity index (χ2v) is 4.72. The van der Waals surface area contributed by atoms with E-state index < -0.39 is 5.82 Å². The summed E-state index contributed by atoms with van der Waals surface area (Å²) in [5, 5.41) is 3.14. The molecule has 0 saturated carbocycles. The molecule has 0 aliphatic rings. The number of hydrogen-bond acceptors (Lipinski definition) is 4. The van der Waals surface area contributed by atoms with Gasteiger partial charge in [0.25, 0.3) is 0 Å². The van der Waals surface area contributed by atoms with Crippen LogP contribution in [0.15, 0.2) is 35.1 Å². The van der Waals surface area contributed by atoms with E-state index in [-0.39, 0.29) is 11.6 Å². The number of halogens is 2. The largest absolute Gasteiger partial charge is 0.434 e. The van der Waals surface area contributed by atoms with E-state index in [1.807, 2.05) is 6.92 Å². The molecule has 0 saturated heterocycles. The predicted octanol–water partition coefficient (Wildman–Crippen LogP) is 3.28. The summed E-state index contributed by atoms with van der Waals surface area (Å²) >= 11 is 3.19. The van der Waals surface area contributed by atoms with Crippen LogP contribution in [0.25, 0.3) is 0 Å². The van der Waals surface area contributed by atoms with Gasteiger partial charge in [0.15, 0.2) is 11.6 Å². The molecule has 1 N–H and O–H groups in total. The van der Waals surface area contributed by atoms with Crippen LogP contribution >= 0.6 is 15.9 Å². The van der Waals surface area contributed by atoms with Gasteiger partial charge in [-0.15, -0.1) is 0 Å². The minimum Gasteiger partial charge on any atom is -0.434 e. The first-order valence-corrected chi connectivity index (χ1v) is 6.63.